The monoisotopic (exact) mass is 418 g/mol. The molecule has 0 saturated heterocycles. The Morgan fingerprint density at radius 3 is 1.97 bits per heavy atom. The molecule has 0 aromatic rings. The van der Waals surface area contributed by atoms with Gasteiger partial charge in [-0.3, -0.25) is 19.2 Å². The molecule has 0 rings (SSSR count). The highest BCUT2D eigenvalue weighted by atomic mass is 16.4. The van der Waals surface area contributed by atoms with Crippen molar-refractivity contribution in [2.75, 3.05) is 6.61 Å². The van der Waals surface area contributed by atoms with Gasteiger partial charge in [0.15, 0.2) is 0 Å². The smallest absolute Gasteiger partial charge is 0.326 e. The predicted molar refractivity (Wildman–Crippen MR) is 100 cm³/mol. The zero-order valence-corrected chi connectivity index (χ0v) is 16.7. The van der Waals surface area contributed by atoms with Crippen molar-refractivity contribution in [1.82, 2.24) is 16.0 Å². The Balaban J connectivity index is 5.05. The van der Waals surface area contributed by atoms with Crippen molar-refractivity contribution in [3.8, 4) is 0 Å². The first-order valence-corrected chi connectivity index (χ1v) is 9.16. The Labute approximate surface area is 168 Å². The number of aliphatic hydroxyl groups is 1. The molecule has 0 saturated carbocycles. The van der Waals surface area contributed by atoms with E-state index < -0.39 is 66.9 Å². The fourth-order valence-electron chi connectivity index (χ4n) is 2.24. The molecule has 0 spiro atoms. The van der Waals surface area contributed by atoms with Crippen LogP contribution in [0.2, 0.25) is 0 Å². The van der Waals surface area contributed by atoms with Gasteiger partial charge in [0.2, 0.25) is 17.7 Å². The molecule has 0 radical (unpaired) electrons. The van der Waals surface area contributed by atoms with Gasteiger partial charge in [0.1, 0.15) is 24.2 Å². The fourth-order valence-corrected chi connectivity index (χ4v) is 2.24. The van der Waals surface area contributed by atoms with Crippen LogP contribution >= 0.6 is 0 Å². The van der Waals surface area contributed by atoms with E-state index in [1.54, 1.807) is 13.8 Å². The number of carboxylic acids is 2. The van der Waals surface area contributed by atoms with Crippen molar-refractivity contribution in [3.05, 3.63) is 0 Å². The second-order valence-electron chi connectivity index (χ2n) is 6.72. The standard InChI is InChI=1S/C17H30N4O8/c1-4-8(2)13(21-15(26)10(18)7-22)16(27)19-9(3)14(25)20-11(17(28)29)5-6-12(23)24/h8-11,13,22H,4-7,18H2,1-3H3,(H,19,27)(H,20,25)(H,21,26)(H,23,24)(H,28,29). The number of hydrogen-bond donors (Lipinski definition) is 7. The number of aliphatic carboxylic acids is 2. The summed E-state index contributed by atoms with van der Waals surface area (Å²) in [6.45, 7) is 4.20. The Morgan fingerprint density at radius 2 is 1.52 bits per heavy atom. The quantitative estimate of drug-likeness (QED) is 0.172. The third-order valence-electron chi connectivity index (χ3n) is 4.34. The van der Waals surface area contributed by atoms with E-state index in [1.807, 2.05) is 0 Å². The molecule has 0 aromatic carbocycles. The van der Waals surface area contributed by atoms with Crippen LogP contribution in [0, 0.1) is 5.92 Å². The van der Waals surface area contributed by atoms with Gasteiger partial charge < -0.3 is 37.0 Å². The average molecular weight is 418 g/mol. The first kappa shape index (κ1) is 26.3. The Kier molecular flexibility index (Phi) is 11.5. The number of rotatable bonds is 13. The molecule has 166 valence electrons. The summed E-state index contributed by atoms with van der Waals surface area (Å²) < 4.78 is 0. The SMILES string of the molecule is CCC(C)C(NC(=O)C(N)CO)C(=O)NC(C)C(=O)NC(CCC(=O)O)C(=O)O. The van der Waals surface area contributed by atoms with Crippen LogP contribution in [0.5, 0.6) is 0 Å². The maximum absolute atomic E-state index is 12.5. The van der Waals surface area contributed by atoms with Crippen molar-refractivity contribution in [2.45, 2.75) is 64.2 Å². The van der Waals surface area contributed by atoms with E-state index in [0.717, 1.165) is 0 Å². The van der Waals surface area contributed by atoms with E-state index in [1.165, 1.54) is 6.92 Å². The number of nitrogens with two attached hydrogens (primary N) is 1. The molecule has 0 aliphatic carbocycles. The summed E-state index contributed by atoms with van der Waals surface area (Å²) in [6.07, 6.45) is -0.253. The van der Waals surface area contributed by atoms with Crippen LogP contribution < -0.4 is 21.7 Å². The molecular formula is C17H30N4O8. The van der Waals surface area contributed by atoms with Crippen molar-refractivity contribution >= 4 is 29.7 Å². The molecule has 8 N–H and O–H groups in total. The van der Waals surface area contributed by atoms with Crippen LogP contribution in [0.25, 0.3) is 0 Å². The second kappa shape index (κ2) is 12.7. The zero-order valence-electron chi connectivity index (χ0n) is 16.7. The molecule has 0 bridgehead atoms. The largest absolute Gasteiger partial charge is 0.481 e. The third kappa shape index (κ3) is 9.34. The molecule has 12 heteroatoms. The van der Waals surface area contributed by atoms with Crippen LogP contribution in [0.3, 0.4) is 0 Å². The van der Waals surface area contributed by atoms with Gasteiger partial charge in [-0.05, 0) is 19.3 Å². The van der Waals surface area contributed by atoms with Crippen LogP contribution in [0.1, 0.15) is 40.0 Å². The summed E-state index contributed by atoms with van der Waals surface area (Å²) in [4.78, 5) is 58.4. The van der Waals surface area contributed by atoms with Gasteiger partial charge in [-0.15, -0.1) is 0 Å². The van der Waals surface area contributed by atoms with E-state index >= 15 is 0 Å². The van der Waals surface area contributed by atoms with E-state index in [9.17, 15) is 24.0 Å². The molecule has 0 aliphatic heterocycles. The molecule has 0 fully saturated rings. The lowest BCUT2D eigenvalue weighted by Crippen LogP contribution is -2.58. The van der Waals surface area contributed by atoms with Crippen LogP contribution in [-0.2, 0) is 24.0 Å². The van der Waals surface area contributed by atoms with Crippen molar-refractivity contribution in [1.29, 1.82) is 0 Å². The van der Waals surface area contributed by atoms with E-state index in [2.05, 4.69) is 16.0 Å². The molecule has 0 aromatic heterocycles. The zero-order chi connectivity index (χ0) is 22.7. The number of carboxylic acid groups (broad SMARTS) is 2. The maximum atomic E-state index is 12.5. The lowest BCUT2D eigenvalue weighted by atomic mass is 9.97. The highest BCUT2D eigenvalue weighted by molar-refractivity contribution is 5.94. The highest BCUT2D eigenvalue weighted by Crippen LogP contribution is 2.09. The lowest BCUT2D eigenvalue weighted by Gasteiger charge is -2.26. The van der Waals surface area contributed by atoms with E-state index in [4.69, 9.17) is 21.1 Å². The number of carbonyl (C=O) groups is 5. The molecule has 12 nitrogen and oxygen atoms in total. The van der Waals surface area contributed by atoms with E-state index in [0.29, 0.717) is 6.42 Å². The summed E-state index contributed by atoms with van der Waals surface area (Å²) in [5, 5.41) is 33.7. The first-order valence-electron chi connectivity index (χ1n) is 9.16. The van der Waals surface area contributed by atoms with Crippen LogP contribution in [0.15, 0.2) is 0 Å². The van der Waals surface area contributed by atoms with Crippen molar-refractivity contribution < 1.29 is 39.3 Å². The number of aliphatic hydroxyl groups excluding tert-OH is 1. The second-order valence-corrected chi connectivity index (χ2v) is 6.72. The fraction of sp³-hybridized carbons (Fsp3) is 0.706. The summed E-state index contributed by atoms with van der Waals surface area (Å²) >= 11 is 0. The van der Waals surface area contributed by atoms with Gasteiger partial charge >= 0.3 is 11.9 Å². The average Bonchev–Trinajstić information content (AvgIpc) is 2.66. The summed E-state index contributed by atoms with van der Waals surface area (Å²) in [6, 6.07) is -4.81. The number of amides is 3. The summed E-state index contributed by atoms with van der Waals surface area (Å²) in [5.74, 6) is -5.16. The summed E-state index contributed by atoms with van der Waals surface area (Å²) in [7, 11) is 0. The van der Waals surface area contributed by atoms with Gasteiger partial charge in [-0.1, -0.05) is 20.3 Å². The van der Waals surface area contributed by atoms with Gasteiger partial charge in [-0.25, -0.2) is 4.79 Å². The normalized spacial score (nSPS) is 15.9. The predicted octanol–water partition coefficient (Wildman–Crippen LogP) is -2.22. The minimum Gasteiger partial charge on any atom is -0.481 e. The number of carbonyl (C=O) groups excluding carboxylic acids is 3. The van der Waals surface area contributed by atoms with Crippen LogP contribution in [-0.4, -0.2) is 75.8 Å². The topological polar surface area (TPSA) is 208 Å². The summed E-state index contributed by atoms with van der Waals surface area (Å²) in [5.41, 5.74) is 5.43. The van der Waals surface area contributed by atoms with Gasteiger partial charge in [0, 0.05) is 6.42 Å². The molecule has 29 heavy (non-hydrogen) atoms. The minimum atomic E-state index is -1.43. The van der Waals surface area contributed by atoms with Crippen molar-refractivity contribution in [2.24, 2.45) is 11.7 Å². The Bertz CT molecular complexity index is 612. The molecule has 5 unspecified atom stereocenters. The lowest BCUT2D eigenvalue weighted by molar-refractivity contribution is -0.143. The minimum absolute atomic E-state index is 0.317. The van der Waals surface area contributed by atoms with Gasteiger partial charge in [-0.2, -0.15) is 0 Å². The highest BCUT2D eigenvalue weighted by Gasteiger charge is 2.30. The van der Waals surface area contributed by atoms with E-state index in [-0.39, 0.29) is 12.3 Å². The van der Waals surface area contributed by atoms with Gasteiger partial charge in [0.25, 0.3) is 0 Å². The molecular weight excluding hydrogens is 388 g/mol. The molecule has 5 atom stereocenters. The van der Waals surface area contributed by atoms with Crippen molar-refractivity contribution in [3.63, 3.8) is 0 Å². The number of hydrogen-bond acceptors (Lipinski definition) is 7. The Morgan fingerprint density at radius 1 is 0.931 bits per heavy atom. The number of nitrogens with one attached hydrogen (secondary N) is 3. The first-order chi connectivity index (χ1) is 13.4. The third-order valence-corrected chi connectivity index (χ3v) is 4.34. The maximum Gasteiger partial charge on any atom is 0.326 e. The van der Waals surface area contributed by atoms with Crippen LogP contribution in [0.4, 0.5) is 0 Å². The molecule has 3 amide bonds. The van der Waals surface area contributed by atoms with Gasteiger partial charge in [0.05, 0.1) is 6.61 Å². The molecule has 0 aliphatic rings. The Hall–Kier alpha value is -2.73. The molecule has 0 heterocycles.